The number of rotatable bonds is 8. The van der Waals surface area contributed by atoms with E-state index in [9.17, 15) is 8.60 Å². The molecule has 2 aromatic carbocycles. The third kappa shape index (κ3) is 5.90. The molecule has 0 radical (unpaired) electrons. The summed E-state index contributed by atoms with van der Waals surface area (Å²) in [6.45, 7) is 4.61. The molecule has 2 atom stereocenters. The van der Waals surface area contributed by atoms with Crippen LogP contribution in [0.4, 0.5) is 20.3 Å². The molecule has 3 heterocycles. The number of hydrogen-bond acceptors (Lipinski definition) is 7. The number of alkyl halides is 1. The maximum atomic E-state index is 15.8. The zero-order chi connectivity index (χ0) is 26.6. The quantitative estimate of drug-likeness (QED) is 0.312. The van der Waals surface area contributed by atoms with Gasteiger partial charge < -0.3 is 19.3 Å². The van der Waals surface area contributed by atoms with Crippen LogP contribution in [0.3, 0.4) is 0 Å². The van der Waals surface area contributed by atoms with E-state index in [0.29, 0.717) is 74.9 Å². The highest BCUT2D eigenvalue weighted by atomic mass is 35.5. The molecular formula is C25H28ClF2N5O4S. The maximum Gasteiger partial charge on any atom is 0.231 e. The Labute approximate surface area is 226 Å². The molecule has 0 amide bonds. The lowest BCUT2D eigenvalue weighted by atomic mass is 9.96. The summed E-state index contributed by atoms with van der Waals surface area (Å²) in [5, 5.41) is 0.832. The largest absolute Gasteiger partial charge is 0.378 e. The van der Waals surface area contributed by atoms with Crippen molar-refractivity contribution in [1.29, 1.82) is 0 Å². The molecule has 3 aromatic rings. The predicted octanol–water partition coefficient (Wildman–Crippen LogP) is 3.89. The second kappa shape index (κ2) is 12.1. The summed E-state index contributed by atoms with van der Waals surface area (Å²) in [6, 6.07) is 8.30. The van der Waals surface area contributed by atoms with Crippen molar-refractivity contribution in [2.75, 3.05) is 69.0 Å². The Morgan fingerprint density at radius 2 is 1.76 bits per heavy atom. The molecule has 5 rings (SSSR count). The van der Waals surface area contributed by atoms with E-state index < -0.39 is 23.3 Å². The standard InChI is InChI=1S/C25H28ClF2N5O4S/c26-25-30-23-19(24(31-25)33-8-12-37-13-9-33)14-16(15-21(23)32-6-10-36-11-7-32)17-2-1-3-18(22(17)28)20(27)4-5-29-38(34)35/h1-3,14-15,20,29H,4-13H2,(H,34,35). The van der Waals surface area contributed by atoms with E-state index in [1.807, 2.05) is 12.1 Å². The van der Waals surface area contributed by atoms with Crippen LogP contribution in [0.2, 0.25) is 5.28 Å². The van der Waals surface area contributed by atoms with Crippen molar-refractivity contribution in [3.8, 4) is 11.1 Å². The normalized spacial score (nSPS) is 18.1. The lowest BCUT2D eigenvalue weighted by Gasteiger charge is -2.32. The first-order valence-corrected chi connectivity index (χ1v) is 13.8. The minimum atomic E-state index is -2.26. The van der Waals surface area contributed by atoms with Crippen LogP contribution in [0.1, 0.15) is 18.2 Å². The smallest absolute Gasteiger partial charge is 0.231 e. The summed E-state index contributed by atoms with van der Waals surface area (Å²) in [5.41, 5.74) is 2.11. The first-order chi connectivity index (χ1) is 18.4. The average Bonchev–Trinajstić information content (AvgIpc) is 2.93. The van der Waals surface area contributed by atoms with E-state index in [0.717, 1.165) is 5.69 Å². The molecule has 2 N–H and O–H groups in total. The molecule has 1 aromatic heterocycles. The van der Waals surface area contributed by atoms with Crippen molar-refractivity contribution in [3.63, 3.8) is 0 Å². The Hall–Kier alpha value is -2.48. The molecule has 2 fully saturated rings. The molecule has 38 heavy (non-hydrogen) atoms. The molecule has 2 aliphatic rings. The van der Waals surface area contributed by atoms with E-state index >= 15 is 4.39 Å². The third-order valence-electron chi connectivity index (χ3n) is 6.70. The number of morpholine rings is 2. The van der Waals surface area contributed by atoms with Crippen LogP contribution in [0.15, 0.2) is 30.3 Å². The molecule has 2 saturated heterocycles. The fraction of sp³-hybridized carbons (Fsp3) is 0.440. The number of nitrogens with one attached hydrogen (secondary N) is 1. The van der Waals surface area contributed by atoms with Gasteiger partial charge in [-0.3, -0.25) is 4.55 Å². The van der Waals surface area contributed by atoms with Gasteiger partial charge >= 0.3 is 0 Å². The summed E-state index contributed by atoms with van der Waals surface area (Å²) in [6.07, 6.45) is -1.81. The lowest BCUT2D eigenvalue weighted by molar-refractivity contribution is 0.122. The SMILES string of the molecule is O=S(O)NCCC(F)c1cccc(-c2cc(N3CCOCC3)c3nc(Cl)nc(N4CCOCC4)c3c2)c1F. The number of fused-ring (bicyclic) bond motifs is 1. The molecule has 9 nitrogen and oxygen atoms in total. The fourth-order valence-corrected chi connectivity index (χ4v) is 5.29. The fourth-order valence-electron chi connectivity index (χ4n) is 4.83. The molecule has 0 aliphatic carbocycles. The first kappa shape index (κ1) is 27.1. The molecule has 0 bridgehead atoms. The molecule has 2 aliphatic heterocycles. The van der Waals surface area contributed by atoms with Crippen molar-refractivity contribution in [3.05, 3.63) is 47.0 Å². The van der Waals surface area contributed by atoms with Gasteiger partial charge in [0.2, 0.25) is 16.6 Å². The molecule has 13 heteroatoms. The van der Waals surface area contributed by atoms with Crippen LogP contribution in [0.25, 0.3) is 22.0 Å². The Morgan fingerprint density at radius 1 is 1.08 bits per heavy atom. The minimum Gasteiger partial charge on any atom is -0.378 e. The zero-order valence-electron chi connectivity index (χ0n) is 20.5. The van der Waals surface area contributed by atoms with Crippen molar-refractivity contribution in [1.82, 2.24) is 14.7 Å². The van der Waals surface area contributed by atoms with Gasteiger partial charge in [0.1, 0.15) is 23.3 Å². The van der Waals surface area contributed by atoms with Gasteiger partial charge in [-0.2, -0.15) is 4.98 Å². The van der Waals surface area contributed by atoms with Crippen LogP contribution in [0.5, 0.6) is 0 Å². The van der Waals surface area contributed by atoms with E-state index in [2.05, 4.69) is 24.5 Å². The number of halogens is 3. The van der Waals surface area contributed by atoms with Crippen LogP contribution >= 0.6 is 11.6 Å². The highest BCUT2D eigenvalue weighted by Crippen LogP contribution is 2.39. The number of hydrogen-bond donors (Lipinski definition) is 2. The predicted molar refractivity (Wildman–Crippen MR) is 143 cm³/mol. The van der Waals surface area contributed by atoms with Gasteiger partial charge in [-0.1, -0.05) is 18.2 Å². The number of anilines is 2. The zero-order valence-corrected chi connectivity index (χ0v) is 22.1. The van der Waals surface area contributed by atoms with E-state index in [-0.39, 0.29) is 29.4 Å². The minimum absolute atomic E-state index is 0.0773. The Kier molecular flexibility index (Phi) is 8.66. The second-order valence-corrected chi connectivity index (χ2v) is 10.1. The Balaban J connectivity index is 1.63. The molecule has 204 valence electrons. The average molecular weight is 568 g/mol. The van der Waals surface area contributed by atoms with Crippen LogP contribution in [-0.4, -0.2) is 77.9 Å². The van der Waals surface area contributed by atoms with Gasteiger partial charge in [-0.25, -0.2) is 22.7 Å². The molecular weight excluding hydrogens is 540 g/mol. The number of nitrogens with zero attached hydrogens (tertiary/aromatic N) is 4. The second-order valence-electron chi connectivity index (χ2n) is 9.02. The van der Waals surface area contributed by atoms with Gasteiger partial charge in [0.15, 0.2) is 0 Å². The van der Waals surface area contributed by atoms with E-state index in [1.54, 1.807) is 12.1 Å². The Bertz CT molecular complexity index is 1320. The highest BCUT2D eigenvalue weighted by Gasteiger charge is 2.24. The summed E-state index contributed by atoms with van der Waals surface area (Å²) >= 11 is 4.13. The first-order valence-electron chi connectivity index (χ1n) is 12.4. The summed E-state index contributed by atoms with van der Waals surface area (Å²) in [4.78, 5) is 13.3. The number of ether oxygens (including phenoxy) is 2. The van der Waals surface area contributed by atoms with E-state index in [4.69, 9.17) is 25.6 Å². The van der Waals surface area contributed by atoms with Gasteiger partial charge in [-0.05, 0) is 35.7 Å². The summed E-state index contributed by atoms with van der Waals surface area (Å²) < 4.78 is 63.7. The lowest BCUT2D eigenvalue weighted by Crippen LogP contribution is -2.37. The van der Waals surface area contributed by atoms with E-state index in [1.165, 1.54) is 6.07 Å². The molecule has 0 spiro atoms. The molecule has 0 saturated carbocycles. The maximum absolute atomic E-state index is 15.8. The van der Waals surface area contributed by atoms with Crippen LogP contribution in [-0.2, 0) is 20.7 Å². The van der Waals surface area contributed by atoms with Crippen molar-refractivity contribution < 1.29 is 27.0 Å². The topological polar surface area (TPSA) is 100 Å². The Morgan fingerprint density at radius 3 is 2.45 bits per heavy atom. The highest BCUT2D eigenvalue weighted by molar-refractivity contribution is 7.77. The van der Waals surface area contributed by atoms with Crippen molar-refractivity contribution in [2.45, 2.75) is 12.6 Å². The van der Waals surface area contributed by atoms with Crippen LogP contribution in [0, 0.1) is 5.82 Å². The van der Waals surface area contributed by atoms with Gasteiger partial charge in [-0.15, -0.1) is 0 Å². The van der Waals surface area contributed by atoms with Crippen LogP contribution < -0.4 is 14.5 Å². The summed E-state index contributed by atoms with van der Waals surface area (Å²) in [7, 11) is 0. The monoisotopic (exact) mass is 567 g/mol. The third-order valence-corrected chi connectivity index (χ3v) is 7.32. The van der Waals surface area contributed by atoms with Gasteiger partial charge in [0, 0.05) is 49.2 Å². The molecule has 2 unspecified atom stereocenters. The van der Waals surface area contributed by atoms with Crippen molar-refractivity contribution >= 4 is 45.3 Å². The van der Waals surface area contributed by atoms with Crippen molar-refractivity contribution in [2.24, 2.45) is 0 Å². The summed E-state index contributed by atoms with van der Waals surface area (Å²) in [5.74, 6) is -0.0390. The number of aromatic nitrogens is 2. The van der Waals surface area contributed by atoms with Gasteiger partial charge in [0.25, 0.3) is 0 Å². The number of benzene rings is 2. The van der Waals surface area contributed by atoms with Gasteiger partial charge in [0.05, 0.1) is 32.1 Å².